The molecule has 0 radical (unpaired) electrons. The van der Waals surface area contributed by atoms with E-state index < -0.39 is 5.54 Å². The summed E-state index contributed by atoms with van der Waals surface area (Å²) in [5.41, 5.74) is 2.15. The van der Waals surface area contributed by atoms with Crippen molar-refractivity contribution in [2.75, 3.05) is 13.4 Å². The number of nitrogens with zero attached hydrogens (tertiary/aromatic N) is 1. The third-order valence-electron chi connectivity index (χ3n) is 5.53. The largest absolute Gasteiger partial charge is 0.427 e. The van der Waals surface area contributed by atoms with Crippen LogP contribution in [0, 0.1) is 19.8 Å². The number of hydrogen-bond acceptors (Lipinski definition) is 5. The van der Waals surface area contributed by atoms with Crippen LogP contribution in [-0.2, 0) is 23.9 Å². The Kier molecular flexibility index (Phi) is 5.91. The zero-order valence-corrected chi connectivity index (χ0v) is 17.3. The third kappa shape index (κ3) is 3.59. The van der Waals surface area contributed by atoms with E-state index in [0.29, 0.717) is 17.9 Å². The van der Waals surface area contributed by atoms with E-state index in [-0.39, 0.29) is 24.6 Å². The van der Waals surface area contributed by atoms with Crippen LogP contribution >= 0.6 is 0 Å². The van der Waals surface area contributed by atoms with Crippen molar-refractivity contribution >= 4 is 17.4 Å². The number of carbonyl (C=O) groups is 2. The van der Waals surface area contributed by atoms with Gasteiger partial charge in [-0.15, -0.1) is 0 Å². The molecular formula is C22H29NO5. The molecule has 1 saturated carbocycles. The lowest BCUT2D eigenvalue weighted by Crippen LogP contribution is -2.45. The van der Waals surface area contributed by atoms with E-state index >= 15 is 0 Å². The van der Waals surface area contributed by atoms with Gasteiger partial charge in [0.05, 0.1) is 11.5 Å². The zero-order valence-electron chi connectivity index (χ0n) is 17.3. The number of carbonyl (C=O) groups excluding carboxylic acids is 2. The minimum atomic E-state index is -0.933. The second kappa shape index (κ2) is 8.05. The Balaban J connectivity index is 2.05. The highest BCUT2D eigenvalue weighted by molar-refractivity contribution is 6.23. The minimum Gasteiger partial charge on any atom is -0.427 e. The molecule has 1 aromatic carbocycles. The van der Waals surface area contributed by atoms with Crippen molar-refractivity contribution in [2.45, 2.75) is 59.4 Å². The molecular weight excluding hydrogens is 358 g/mol. The Hall–Kier alpha value is -2.18. The molecule has 1 amide bonds. The van der Waals surface area contributed by atoms with Crippen molar-refractivity contribution in [3.8, 4) is 0 Å². The van der Waals surface area contributed by atoms with Crippen LogP contribution in [0.2, 0.25) is 0 Å². The molecule has 2 aliphatic rings. The average Bonchev–Trinajstić information content (AvgIpc) is 2.74. The molecule has 0 unspecified atom stereocenters. The van der Waals surface area contributed by atoms with Crippen LogP contribution in [0.4, 0.5) is 0 Å². The first kappa shape index (κ1) is 20.6. The summed E-state index contributed by atoms with van der Waals surface area (Å²) in [5, 5.41) is 1.27. The van der Waals surface area contributed by atoms with Gasteiger partial charge in [0.25, 0.3) is 5.91 Å². The summed E-state index contributed by atoms with van der Waals surface area (Å²) in [6.45, 7) is 9.82. The fourth-order valence-corrected chi connectivity index (χ4v) is 3.68. The highest BCUT2D eigenvalue weighted by Crippen LogP contribution is 2.43. The van der Waals surface area contributed by atoms with Crippen LogP contribution in [0.1, 0.15) is 56.7 Å². The van der Waals surface area contributed by atoms with Gasteiger partial charge in [0.2, 0.25) is 0 Å². The van der Waals surface area contributed by atoms with Gasteiger partial charge in [0.1, 0.15) is 11.3 Å². The number of esters is 1. The molecule has 0 atom stereocenters. The number of benzene rings is 1. The van der Waals surface area contributed by atoms with Crippen molar-refractivity contribution in [1.82, 2.24) is 5.06 Å². The van der Waals surface area contributed by atoms with Gasteiger partial charge < -0.3 is 9.47 Å². The number of hydroxylamine groups is 2. The second-order valence-corrected chi connectivity index (χ2v) is 7.92. The van der Waals surface area contributed by atoms with Crippen LogP contribution in [0.3, 0.4) is 0 Å². The van der Waals surface area contributed by atoms with E-state index in [1.54, 1.807) is 0 Å². The highest BCUT2D eigenvalue weighted by Gasteiger charge is 2.50. The molecule has 0 N–H and O–H groups in total. The van der Waals surface area contributed by atoms with Gasteiger partial charge >= 0.3 is 5.97 Å². The van der Waals surface area contributed by atoms with Gasteiger partial charge in [0, 0.05) is 6.61 Å². The first-order valence-electron chi connectivity index (χ1n) is 9.87. The quantitative estimate of drug-likeness (QED) is 0.403. The molecule has 1 aliphatic carbocycles. The van der Waals surface area contributed by atoms with E-state index in [1.165, 1.54) is 5.06 Å². The van der Waals surface area contributed by atoms with Crippen molar-refractivity contribution in [3.05, 3.63) is 40.6 Å². The molecule has 1 heterocycles. The van der Waals surface area contributed by atoms with Gasteiger partial charge in [-0.05, 0) is 64.2 Å². The summed E-state index contributed by atoms with van der Waals surface area (Å²) in [6.07, 6.45) is 2.71. The monoisotopic (exact) mass is 387 g/mol. The number of amides is 1. The maximum atomic E-state index is 13.4. The molecule has 0 aromatic heterocycles. The number of ether oxygens (including phenoxy) is 2. The lowest BCUT2D eigenvalue weighted by atomic mass is 9.85. The topological polar surface area (TPSA) is 65.1 Å². The van der Waals surface area contributed by atoms with Crippen molar-refractivity contribution < 1.29 is 23.9 Å². The fourth-order valence-electron chi connectivity index (χ4n) is 3.68. The SMILES string of the molecule is CCOCON1C(=O)C(c2c(C)cccc2C)=C(OC(=O)C2CCC2)C1(C)C. The first-order chi connectivity index (χ1) is 13.3. The Morgan fingerprint density at radius 1 is 1.21 bits per heavy atom. The van der Waals surface area contributed by atoms with Gasteiger partial charge in [0.15, 0.2) is 6.79 Å². The van der Waals surface area contributed by atoms with E-state index in [1.807, 2.05) is 52.8 Å². The number of hydrogen-bond donors (Lipinski definition) is 0. The predicted molar refractivity (Wildman–Crippen MR) is 105 cm³/mol. The van der Waals surface area contributed by atoms with Gasteiger partial charge in [-0.2, -0.15) is 0 Å². The van der Waals surface area contributed by atoms with Crippen molar-refractivity contribution in [2.24, 2.45) is 5.92 Å². The molecule has 6 nitrogen and oxygen atoms in total. The van der Waals surface area contributed by atoms with Crippen molar-refractivity contribution in [1.29, 1.82) is 0 Å². The normalized spacial score (nSPS) is 19.2. The molecule has 6 heteroatoms. The molecule has 28 heavy (non-hydrogen) atoms. The maximum absolute atomic E-state index is 13.4. The predicted octanol–water partition coefficient (Wildman–Crippen LogP) is 3.90. The first-order valence-corrected chi connectivity index (χ1v) is 9.87. The molecule has 1 aromatic rings. The van der Waals surface area contributed by atoms with E-state index in [4.69, 9.17) is 14.3 Å². The van der Waals surface area contributed by atoms with E-state index in [2.05, 4.69) is 0 Å². The lowest BCUT2D eigenvalue weighted by molar-refractivity contribution is -0.243. The summed E-state index contributed by atoms with van der Waals surface area (Å²) in [6, 6.07) is 5.85. The zero-order chi connectivity index (χ0) is 20.5. The second-order valence-electron chi connectivity index (χ2n) is 7.92. The smallest absolute Gasteiger partial charge is 0.314 e. The fraction of sp³-hybridized carbons (Fsp3) is 0.545. The molecule has 152 valence electrons. The summed E-state index contributed by atoms with van der Waals surface area (Å²) in [5.74, 6) is -0.324. The van der Waals surface area contributed by atoms with Gasteiger partial charge in [-0.25, -0.2) is 9.90 Å². The van der Waals surface area contributed by atoms with Crippen LogP contribution in [0.25, 0.3) is 5.57 Å². The van der Waals surface area contributed by atoms with Crippen molar-refractivity contribution in [3.63, 3.8) is 0 Å². The standard InChI is InChI=1S/C22H29NO5/c1-6-26-13-27-23-20(24)18(17-14(2)9-7-10-15(17)3)19(22(23,4)5)28-21(25)16-11-8-12-16/h7,9-10,16H,6,8,11-13H2,1-5H3. The molecule has 0 spiro atoms. The van der Waals surface area contributed by atoms with Crippen LogP contribution in [0.15, 0.2) is 24.0 Å². The average molecular weight is 387 g/mol. The Labute approximate surface area is 166 Å². The van der Waals surface area contributed by atoms with Crippen LogP contribution < -0.4 is 0 Å². The van der Waals surface area contributed by atoms with E-state index in [0.717, 1.165) is 36.0 Å². The highest BCUT2D eigenvalue weighted by atomic mass is 16.8. The summed E-state index contributed by atoms with van der Waals surface area (Å²) in [7, 11) is 0. The minimum absolute atomic E-state index is 0.0461. The lowest BCUT2D eigenvalue weighted by Gasteiger charge is -2.32. The molecule has 1 fully saturated rings. The van der Waals surface area contributed by atoms with Crippen LogP contribution in [0.5, 0.6) is 0 Å². The molecule has 0 bridgehead atoms. The number of aryl methyl sites for hydroxylation is 2. The summed E-state index contributed by atoms with van der Waals surface area (Å²) in [4.78, 5) is 31.6. The molecule has 0 saturated heterocycles. The Bertz CT molecular complexity index is 787. The van der Waals surface area contributed by atoms with E-state index in [9.17, 15) is 9.59 Å². The van der Waals surface area contributed by atoms with Gasteiger partial charge in [-0.1, -0.05) is 24.6 Å². The Morgan fingerprint density at radius 3 is 2.39 bits per heavy atom. The molecule has 1 aliphatic heterocycles. The maximum Gasteiger partial charge on any atom is 0.314 e. The summed E-state index contributed by atoms with van der Waals surface area (Å²) < 4.78 is 11.1. The van der Waals surface area contributed by atoms with Crippen LogP contribution in [-0.4, -0.2) is 35.9 Å². The third-order valence-corrected chi connectivity index (χ3v) is 5.53. The Morgan fingerprint density at radius 2 is 1.86 bits per heavy atom. The molecule has 3 rings (SSSR count). The number of rotatable bonds is 7. The van der Waals surface area contributed by atoms with Gasteiger partial charge in [-0.3, -0.25) is 9.59 Å². The summed E-state index contributed by atoms with van der Waals surface area (Å²) >= 11 is 0.